The average Bonchev–Trinajstić information content (AvgIpc) is 3.10. The fourth-order valence-corrected chi connectivity index (χ4v) is 3.15. The summed E-state index contributed by atoms with van der Waals surface area (Å²) in [6.45, 7) is 2.97. The van der Waals surface area contributed by atoms with E-state index in [9.17, 15) is 0 Å². The molecule has 0 saturated heterocycles. The number of thiazole rings is 1. The van der Waals surface area contributed by atoms with Gasteiger partial charge in [-0.1, -0.05) is 25.1 Å². The van der Waals surface area contributed by atoms with Crippen LogP contribution in [0.25, 0.3) is 10.9 Å². The Labute approximate surface area is 123 Å². The lowest BCUT2D eigenvalue weighted by Gasteiger charge is -2.12. The van der Waals surface area contributed by atoms with Gasteiger partial charge in [0.05, 0.1) is 12.1 Å². The topological polar surface area (TPSA) is 43.8 Å². The number of benzene rings is 1. The van der Waals surface area contributed by atoms with Crippen molar-refractivity contribution in [3.8, 4) is 0 Å². The average molecular weight is 285 g/mol. The van der Waals surface area contributed by atoms with E-state index in [1.807, 2.05) is 11.6 Å². The van der Waals surface area contributed by atoms with Crippen LogP contribution in [-0.2, 0) is 13.0 Å². The first kappa shape index (κ1) is 13.3. The summed E-state index contributed by atoms with van der Waals surface area (Å²) >= 11 is 1.70. The number of nitrogens with zero attached hydrogens (tertiary/aromatic N) is 2. The number of nitrogens with two attached hydrogens (primary N) is 1. The molecule has 2 aromatic heterocycles. The summed E-state index contributed by atoms with van der Waals surface area (Å²) in [6, 6.07) is 8.87. The van der Waals surface area contributed by atoms with E-state index in [4.69, 9.17) is 5.73 Å². The molecule has 1 aromatic carbocycles. The third-order valence-corrected chi connectivity index (χ3v) is 4.43. The fraction of sp³-hybridized carbons (Fsp3) is 0.312. The van der Waals surface area contributed by atoms with E-state index in [1.165, 1.54) is 16.5 Å². The lowest BCUT2D eigenvalue weighted by Crippen LogP contribution is -2.21. The summed E-state index contributed by atoms with van der Waals surface area (Å²) < 4.78 is 2.28. The van der Waals surface area contributed by atoms with Crippen molar-refractivity contribution in [1.82, 2.24) is 9.55 Å². The van der Waals surface area contributed by atoms with Crippen LogP contribution in [0, 0.1) is 0 Å². The number of aromatic nitrogens is 2. The van der Waals surface area contributed by atoms with Crippen molar-refractivity contribution in [2.45, 2.75) is 32.4 Å². The summed E-state index contributed by atoms with van der Waals surface area (Å²) in [5.74, 6) is 0. The number of para-hydroxylation sites is 1. The first-order chi connectivity index (χ1) is 9.78. The summed E-state index contributed by atoms with van der Waals surface area (Å²) in [4.78, 5) is 4.38. The Hall–Kier alpha value is -1.65. The highest BCUT2D eigenvalue weighted by atomic mass is 32.1. The summed E-state index contributed by atoms with van der Waals surface area (Å²) in [5.41, 5.74) is 8.76. The minimum absolute atomic E-state index is 0.226. The van der Waals surface area contributed by atoms with Crippen LogP contribution in [0.4, 0.5) is 0 Å². The molecule has 0 spiro atoms. The van der Waals surface area contributed by atoms with Gasteiger partial charge >= 0.3 is 0 Å². The molecule has 2 heterocycles. The zero-order valence-electron chi connectivity index (χ0n) is 11.6. The maximum atomic E-state index is 6.13. The number of hydrogen-bond donors (Lipinski definition) is 1. The van der Waals surface area contributed by atoms with Gasteiger partial charge in [-0.25, -0.2) is 4.98 Å². The van der Waals surface area contributed by atoms with Crippen molar-refractivity contribution >= 4 is 22.2 Å². The quantitative estimate of drug-likeness (QED) is 0.780. The molecule has 3 aromatic rings. The fourth-order valence-electron chi connectivity index (χ4n) is 2.54. The molecule has 1 unspecified atom stereocenters. The van der Waals surface area contributed by atoms with E-state index in [0.717, 1.165) is 24.4 Å². The standard InChI is InChI=1S/C16H19N3S/c1-2-14(17)10-13-5-3-4-12-6-8-19(16(12)13)11-15-18-7-9-20-15/h3-9,14H,2,10-11,17H2,1H3. The minimum Gasteiger partial charge on any atom is -0.340 e. The van der Waals surface area contributed by atoms with Crippen LogP contribution in [-0.4, -0.2) is 15.6 Å². The Bertz CT molecular complexity index is 685. The van der Waals surface area contributed by atoms with E-state index in [1.54, 1.807) is 11.3 Å². The second kappa shape index (κ2) is 5.77. The normalized spacial score (nSPS) is 12.9. The number of rotatable bonds is 5. The molecule has 1 atom stereocenters. The first-order valence-electron chi connectivity index (χ1n) is 6.98. The number of fused-ring (bicyclic) bond motifs is 1. The summed E-state index contributed by atoms with van der Waals surface area (Å²) in [7, 11) is 0. The second-order valence-corrected chi connectivity index (χ2v) is 6.08. The Kier molecular flexibility index (Phi) is 3.85. The Morgan fingerprint density at radius 1 is 1.35 bits per heavy atom. The molecular weight excluding hydrogens is 266 g/mol. The Morgan fingerprint density at radius 3 is 3.00 bits per heavy atom. The molecule has 0 amide bonds. The van der Waals surface area contributed by atoms with Gasteiger partial charge in [-0.2, -0.15) is 0 Å². The predicted molar refractivity (Wildman–Crippen MR) is 85.1 cm³/mol. The highest BCUT2D eigenvalue weighted by Gasteiger charge is 2.10. The van der Waals surface area contributed by atoms with Crippen molar-refractivity contribution in [3.05, 3.63) is 52.6 Å². The summed E-state index contributed by atoms with van der Waals surface area (Å²) in [5, 5.41) is 4.44. The van der Waals surface area contributed by atoms with E-state index in [2.05, 4.69) is 46.9 Å². The van der Waals surface area contributed by atoms with Gasteiger partial charge in [-0.3, -0.25) is 0 Å². The number of hydrogen-bond acceptors (Lipinski definition) is 3. The van der Waals surface area contributed by atoms with Crippen LogP contribution in [0.1, 0.15) is 23.9 Å². The van der Waals surface area contributed by atoms with Gasteiger partial charge in [0.15, 0.2) is 0 Å². The Morgan fingerprint density at radius 2 is 2.25 bits per heavy atom. The van der Waals surface area contributed by atoms with Crippen LogP contribution in [0.2, 0.25) is 0 Å². The van der Waals surface area contributed by atoms with Crippen LogP contribution < -0.4 is 5.73 Å². The van der Waals surface area contributed by atoms with Crippen molar-refractivity contribution in [1.29, 1.82) is 0 Å². The lowest BCUT2D eigenvalue weighted by molar-refractivity contribution is 0.646. The molecule has 104 valence electrons. The minimum atomic E-state index is 0.226. The molecule has 0 aliphatic rings. The first-order valence-corrected chi connectivity index (χ1v) is 7.86. The maximum Gasteiger partial charge on any atom is 0.112 e. The van der Waals surface area contributed by atoms with Crippen molar-refractivity contribution in [2.24, 2.45) is 5.73 Å². The molecule has 3 nitrogen and oxygen atoms in total. The van der Waals surface area contributed by atoms with Gasteiger partial charge < -0.3 is 10.3 Å². The second-order valence-electron chi connectivity index (χ2n) is 5.10. The van der Waals surface area contributed by atoms with E-state index in [0.29, 0.717) is 0 Å². The molecule has 3 rings (SSSR count). The zero-order valence-corrected chi connectivity index (χ0v) is 12.4. The van der Waals surface area contributed by atoms with Gasteiger partial charge in [0.1, 0.15) is 5.01 Å². The zero-order chi connectivity index (χ0) is 13.9. The van der Waals surface area contributed by atoms with E-state index < -0.39 is 0 Å². The third kappa shape index (κ3) is 2.62. The van der Waals surface area contributed by atoms with Gasteiger partial charge in [0.2, 0.25) is 0 Å². The predicted octanol–water partition coefficient (Wildman–Crippen LogP) is 3.43. The van der Waals surface area contributed by atoms with Crippen LogP contribution in [0.5, 0.6) is 0 Å². The van der Waals surface area contributed by atoms with E-state index >= 15 is 0 Å². The lowest BCUT2D eigenvalue weighted by atomic mass is 10.0. The molecule has 0 aliphatic carbocycles. The molecule has 0 fully saturated rings. The Balaban J connectivity index is 2.00. The van der Waals surface area contributed by atoms with Gasteiger partial charge in [-0.15, -0.1) is 11.3 Å². The van der Waals surface area contributed by atoms with Crippen molar-refractivity contribution < 1.29 is 0 Å². The van der Waals surface area contributed by atoms with E-state index in [-0.39, 0.29) is 6.04 Å². The highest BCUT2D eigenvalue weighted by Crippen LogP contribution is 2.23. The molecule has 0 aliphatic heterocycles. The molecule has 4 heteroatoms. The van der Waals surface area contributed by atoms with Gasteiger partial charge in [0.25, 0.3) is 0 Å². The maximum absolute atomic E-state index is 6.13. The smallest absolute Gasteiger partial charge is 0.112 e. The molecule has 0 bridgehead atoms. The van der Waals surface area contributed by atoms with Crippen LogP contribution >= 0.6 is 11.3 Å². The molecule has 20 heavy (non-hydrogen) atoms. The SMILES string of the molecule is CCC(N)Cc1cccc2ccn(Cc3nccs3)c12. The highest BCUT2D eigenvalue weighted by molar-refractivity contribution is 7.09. The van der Waals surface area contributed by atoms with Crippen molar-refractivity contribution in [3.63, 3.8) is 0 Å². The molecule has 0 saturated carbocycles. The molecular formula is C16H19N3S. The third-order valence-electron chi connectivity index (χ3n) is 3.67. The van der Waals surface area contributed by atoms with Crippen LogP contribution in [0.3, 0.4) is 0 Å². The largest absolute Gasteiger partial charge is 0.340 e. The molecule has 0 radical (unpaired) electrons. The van der Waals surface area contributed by atoms with Crippen molar-refractivity contribution in [2.75, 3.05) is 0 Å². The summed E-state index contributed by atoms with van der Waals surface area (Å²) in [6.07, 6.45) is 5.94. The van der Waals surface area contributed by atoms with Crippen LogP contribution in [0.15, 0.2) is 42.0 Å². The van der Waals surface area contributed by atoms with Gasteiger partial charge in [0, 0.05) is 23.8 Å². The monoisotopic (exact) mass is 285 g/mol. The molecule has 2 N–H and O–H groups in total. The van der Waals surface area contributed by atoms with Gasteiger partial charge in [-0.05, 0) is 29.9 Å².